The average Bonchev–Trinajstić information content (AvgIpc) is 3.27. The molecule has 3 aromatic rings. The number of ether oxygens (including phenoxy) is 1. The van der Waals surface area contributed by atoms with Crippen LogP contribution in [0.3, 0.4) is 0 Å². The molecule has 2 N–H and O–H groups in total. The molecule has 1 aliphatic heterocycles. The zero-order chi connectivity index (χ0) is 20.6. The van der Waals surface area contributed by atoms with Gasteiger partial charge in [-0.1, -0.05) is 17.7 Å². The van der Waals surface area contributed by atoms with Crippen LogP contribution < -0.4 is 20.6 Å². The maximum atomic E-state index is 13.2. The van der Waals surface area contributed by atoms with Gasteiger partial charge in [-0.3, -0.25) is 0 Å². The molecule has 1 aromatic heterocycles. The minimum Gasteiger partial charge on any atom is -0.604 e. The fraction of sp³-hybridized carbons (Fsp3) is 0.286. The van der Waals surface area contributed by atoms with Crippen LogP contribution in [0.4, 0.5) is 5.69 Å². The van der Waals surface area contributed by atoms with Gasteiger partial charge in [0.2, 0.25) is 0 Å². The van der Waals surface area contributed by atoms with E-state index < -0.39 is 4.76 Å². The van der Waals surface area contributed by atoms with Crippen LogP contribution in [-0.4, -0.2) is 28.5 Å². The number of hydroxylamine groups is 1. The molecule has 0 saturated carbocycles. The molecule has 1 fully saturated rings. The van der Waals surface area contributed by atoms with Crippen molar-refractivity contribution < 1.29 is 4.74 Å². The van der Waals surface area contributed by atoms with Gasteiger partial charge in [-0.05, 0) is 55.7 Å². The summed E-state index contributed by atoms with van der Waals surface area (Å²) in [6, 6.07) is 11.7. The first-order chi connectivity index (χ1) is 13.9. The number of benzene rings is 2. The summed E-state index contributed by atoms with van der Waals surface area (Å²) in [5.74, 6) is 0.786. The Labute approximate surface area is 170 Å². The third-order valence-corrected chi connectivity index (χ3v) is 5.11. The normalized spacial score (nSPS) is 19.6. The van der Waals surface area contributed by atoms with Crippen molar-refractivity contribution in [2.75, 3.05) is 13.7 Å². The molecule has 8 nitrogen and oxygen atoms in total. The summed E-state index contributed by atoms with van der Waals surface area (Å²) < 4.78 is 7.31. The predicted octanol–water partition coefficient (Wildman–Crippen LogP) is 3.01. The van der Waals surface area contributed by atoms with Gasteiger partial charge in [-0.15, -0.1) is 5.53 Å². The number of hydrazine groups is 2. The summed E-state index contributed by atoms with van der Waals surface area (Å²) in [5.41, 5.74) is 11.3. The molecular weight excluding hydrogens is 368 g/mol. The molecule has 0 aliphatic carbocycles. The molecule has 8 heteroatoms. The highest BCUT2D eigenvalue weighted by atomic mass is 16.6. The molecule has 0 spiro atoms. The maximum Gasteiger partial charge on any atom is 0.172 e. The highest BCUT2D eigenvalue weighted by molar-refractivity contribution is 5.54. The van der Waals surface area contributed by atoms with Crippen LogP contribution in [-0.2, 0) is 6.61 Å². The number of quaternary nitrogens is 1. The first kappa shape index (κ1) is 19.6. The summed E-state index contributed by atoms with van der Waals surface area (Å²) in [7, 11) is 1.82. The molecule has 4 rings (SSSR count). The second-order valence-electron chi connectivity index (χ2n) is 7.58. The molecule has 0 radical (unpaired) electrons. The summed E-state index contributed by atoms with van der Waals surface area (Å²) in [4.78, 5) is 0. The lowest BCUT2D eigenvalue weighted by atomic mass is 10.1. The number of nitrogens with zero attached hydrogens (tertiary/aromatic N) is 4. The van der Waals surface area contributed by atoms with Gasteiger partial charge in [0, 0.05) is 19.3 Å². The Morgan fingerprint density at radius 1 is 1.17 bits per heavy atom. The molecule has 29 heavy (non-hydrogen) atoms. The highest BCUT2D eigenvalue weighted by Gasteiger charge is 2.32. The fourth-order valence-corrected chi connectivity index (χ4v) is 3.53. The third kappa shape index (κ3) is 3.89. The monoisotopic (exact) mass is 394 g/mol. The number of nitrogens with one attached hydrogen (secondary N) is 2. The largest absolute Gasteiger partial charge is 0.604 e. The van der Waals surface area contributed by atoms with Gasteiger partial charge in [0.1, 0.15) is 12.4 Å². The smallest absolute Gasteiger partial charge is 0.172 e. The van der Waals surface area contributed by atoms with E-state index in [1.807, 2.05) is 81.3 Å². The van der Waals surface area contributed by atoms with E-state index in [1.54, 1.807) is 5.01 Å². The summed E-state index contributed by atoms with van der Waals surface area (Å²) in [6.07, 6.45) is 3.82. The van der Waals surface area contributed by atoms with Crippen molar-refractivity contribution in [2.24, 2.45) is 0 Å². The molecule has 1 aliphatic rings. The molecular formula is C21H26N6O2. The summed E-state index contributed by atoms with van der Waals surface area (Å²) in [6.45, 7) is 6.60. The fourth-order valence-electron chi connectivity index (χ4n) is 3.53. The van der Waals surface area contributed by atoms with Gasteiger partial charge in [0.15, 0.2) is 12.4 Å². The molecule has 1 atom stereocenters. The molecule has 152 valence electrons. The molecule has 1 unspecified atom stereocenters. The minimum absolute atomic E-state index is 0.257. The van der Waals surface area contributed by atoms with Crippen molar-refractivity contribution in [3.63, 3.8) is 0 Å². The Morgan fingerprint density at radius 2 is 2.00 bits per heavy atom. The molecule has 0 bridgehead atoms. The van der Waals surface area contributed by atoms with E-state index in [4.69, 9.17) is 4.74 Å². The summed E-state index contributed by atoms with van der Waals surface area (Å²) in [5, 5.41) is 19.3. The number of hydrogen-bond donors (Lipinski definition) is 2. The lowest BCUT2D eigenvalue weighted by Crippen LogP contribution is -2.52. The zero-order valence-corrected chi connectivity index (χ0v) is 17.1. The molecule has 1 saturated heterocycles. The SMILES string of the molecule is Cc1cnn(-c2ccc(OCc3c(C)cccc3[N+]3([O-])CN(C)NN3)c(C)c2)c1. The van der Waals surface area contributed by atoms with Crippen LogP contribution >= 0.6 is 0 Å². The van der Waals surface area contributed by atoms with Gasteiger partial charge >= 0.3 is 0 Å². The predicted molar refractivity (Wildman–Crippen MR) is 113 cm³/mol. The third-order valence-electron chi connectivity index (χ3n) is 5.11. The standard InChI is InChI=1S/C21H26N6O2/c1-15-11-22-26(12-15)18-8-9-21(17(3)10-18)29-13-19-16(2)6-5-7-20(19)27(28)14-25(4)23-24-27/h5-12,23-24H,13-14H2,1-4H3. The number of aromatic nitrogens is 2. The average molecular weight is 394 g/mol. The Kier molecular flexibility index (Phi) is 5.12. The van der Waals surface area contributed by atoms with Gasteiger partial charge < -0.3 is 9.94 Å². The Morgan fingerprint density at radius 3 is 2.66 bits per heavy atom. The van der Waals surface area contributed by atoms with Crippen LogP contribution in [0.25, 0.3) is 5.69 Å². The van der Waals surface area contributed by atoms with Gasteiger partial charge in [0.05, 0.1) is 17.4 Å². The Hall–Kier alpha value is -2.75. The Balaban J connectivity index is 1.57. The van der Waals surface area contributed by atoms with Crippen LogP contribution in [0, 0.1) is 26.0 Å². The Bertz CT molecular complexity index is 1030. The van der Waals surface area contributed by atoms with Gasteiger partial charge in [-0.25, -0.2) is 9.44 Å². The van der Waals surface area contributed by atoms with Gasteiger partial charge in [-0.2, -0.15) is 10.1 Å². The second kappa shape index (κ2) is 7.58. The zero-order valence-electron chi connectivity index (χ0n) is 17.1. The van der Waals surface area contributed by atoms with Crippen molar-refractivity contribution in [3.8, 4) is 11.4 Å². The highest BCUT2D eigenvalue weighted by Crippen LogP contribution is 2.31. The number of aryl methyl sites for hydroxylation is 3. The van der Waals surface area contributed by atoms with E-state index in [2.05, 4.69) is 16.2 Å². The van der Waals surface area contributed by atoms with Crippen LogP contribution in [0.15, 0.2) is 48.8 Å². The van der Waals surface area contributed by atoms with Crippen molar-refractivity contribution >= 4 is 5.69 Å². The van der Waals surface area contributed by atoms with E-state index in [0.717, 1.165) is 33.7 Å². The van der Waals surface area contributed by atoms with E-state index in [0.29, 0.717) is 12.3 Å². The van der Waals surface area contributed by atoms with Crippen molar-refractivity contribution in [1.29, 1.82) is 0 Å². The molecule has 0 amide bonds. The minimum atomic E-state index is -0.673. The van der Waals surface area contributed by atoms with E-state index >= 15 is 0 Å². The quantitative estimate of drug-likeness (QED) is 0.512. The van der Waals surface area contributed by atoms with Gasteiger partial charge in [0.25, 0.3) is 0 Å². The maximum absolute atomic E-state index is 13.2. The van der Waals surface area contributed by atoms with Crippen molar-refractivity contribution in [2.45, 2.75) is 27.4 Å². The van der Waals surface area contributed by atoms with Crippen LogP contribution in [0.5, 0.6) is 5.75 Å². The summed E-state index contributed by atoms with van der Waals surface area (Å²) >= 11 is 0. The number of rotatable bonds is 5. The lowest BCUT2D eigenvalue weighted by Gasteiger charge is -2.36. The van der Waals surface area contributed by atoms with Crippen LogP contribution in [0.1, 0.15) is 22.3 Å². The topological polar surface area (TPSA) is 77.4 Å². The lowest BCUT2D eigenvalue weighted by molar-refractivity contribution is 0.283. The molecule has 2 heterocycles. The van der Waals surface area contributed by atoms with Crippen molar-refractivity contribution in [1.82, 2.24) is 30.6 Å². The second-order valence-corrected chi connectivity index (χ2v) is 7.58. The van der Waals surface area contributed by atoms with E-state index in [9.17, 15) is 5.21 Å². The van der Waals surface area contributed by atoms with Crippen LogP contribution in [0.2, 0.25) is 0 Å². The first-order valence-electron chi connectivity index (χ1n) is 9.53. The van der Waals surface area contributed by atoms with E-state index in [-0.39, 0.29) is 6.67 Å². The number of hydrogen-bond acceptors (Lipinski definition) is 6. The van der Waals surface area contributed by atoms with Crippen molar-refractivity contribution in [3.05, 3.63) is 76.3 Å². The first-order valence-corrected chi connectivity index (χ1v) is 9.53. The van der Waals surface area contributed by atoms with E-state index in [1.165, 1.54) is 0 Å². The molecule has 2 aromatic carbocycles.